The van der Waals surface area contributed by atoms with Crippen LogP contribution in [0.4, 0.5) is 21.2 Å². The molecule has 13 nitrogen and oxygen atoms in total. The molecular weight excluding hydrogens is 654 g/mol. The van der Waals surface area contributed by atoms with E-state index < -0.39 is 27.7 Å². The number of amides is 3. The van der Waals surface area contributed by atoms with E-state index in [4.69, 9.17) is 21.1 Å². The zero-order chi connectivity index (χ0) is 33.1. The van der Waals surface area contributed by atoms with Gasteiger partial charge in [0.1, 0.15) is 16.4 Å². The molecule has 4 heterocycles. The van der Waals surface area contributed by atoms with Crippen LogP contribution in [0.1, 0.15) is 40.5 Å². The summed E-state index contributed by atoms with van der Waals surface area (Å²) in [6.07, 6.45) is 5.83. The van der Waals surface area contributed by atoms with Crippen molar-refractivity contribution >= 4 is 57.1 Å². The summed E-state index contributed by atoms with van der Waals surface area (Å²) in [5, 5.41) is 6.14. The van der Waals surface area contributed by atoms with Crippen LogP contribution >= 0.6 is 23.4 Å². The van der Waals surface area contributed by atoms with Crippen LogP contribution in [0.2, 0.25) is 5.02 Å². The fraction of sp³-hybridized carbons (Fsp3) is 0.433. The summed E-state index contributed by atoms with van der Waals surface area (Å²) in [5.74, 6) is 0.714. The second kappa shape index (κ2) is 13.6. The van der Waals surface area contributed by atoms with Crippen LogP contribution in [0.15, 0.2) is 69.8 Å². The van der Waals surface area contributed by atoms with Gasteiger partial charge in [0, 0.05) is 29.6 Å². The van der Waals surface area contributed by atoms with E-state index >= 15 is 0 Å². The minimum Gasteiger partial charge on any atom is -0.444 e. The molecule has 3 aromatic rings. The lowest BCUT2D eigenvalue weighted by atomic mass is 9.73. The molecule has 0 bridgehead atoms. The van der Waals surface area contributed by atoms with E-state index in [1.807, 2.05) is 32.4 Å². The highest BCUT2D eigenvalue weighted by Gasteiger charge is 2.50. The molecule has 0 radical (unpaired) electrons. The van der Waals surface area contributed by atoms with Gasteiger partial charge in [-0.2, -0.15) is 0 Å². The maximum atomic E-state index is 12.5. The number of nitrogens with zero attached hydrogens (tertiary/aromatic N) is 4. The summed E-state index contributed by atoms with van der Waals surface area (Å²) in [6.45, 7) is 9.50. The number of sulfonamides is 1. The third-order valence-electron chi connectivity index (χ3n) is 7.71. The van der Waals surface area contributed by atoms with Crippen LogP contribution < -0.4 is 20.3 Å². The molecule has 1 spiro atoms. The van der Waals surface area contributed by atoms with Crippen LogP contribution in [0.25, 0.3) is 0 Å². The minimum absolute atomic E-state index is 0.0103. The predicted octanol–water partition coefficient (Wildman–Crippen LogP) is 5.09. The topological polar surface area (TPSA) is 165 Å². The highest BCUT2D eigenvalue weighted by molar-refractivity contribution is 7.99. The molecule has 2 atom stereocenters. The third-order valence-corrected chi connectivity index (χ3v) is 10.5. The van der Waals surface area contributed by atoms with Gasteiger partial charge in [0.25, 0.3) is 10.0 Å². The number of aromatic nitrogens is 3. The summed E-state index contributed by atoms with van der Waals surface area (Å²) in [4.78, 5) is 40.9. The number of benzene rings is 1. The molecule has 0 aliphatic carbocycles. The van der Waals surface area contributed by atoms with Gasteiger partial charge in [-0.1, -0.05) is 41.6 Å². The summed E-state index contributed by atoms with van der Waals surface area (Å²) in [5.41, 5.74) is -0.776. The second-order valence-corrected chi connectivity index (χ2v) is 15.3. The van der Waals surface area contributed by atoms with Crippen molar-refractivity contribution in [1.29, 1.82) is 0 Å². The van der Waals surface area contributed by atoms with Gasteiger partial charge >= 0.3 is 12.1 Å². The van der Waals surface area contributed by atoms with Crippen LogP contribution in [-0.4, -0.2) is 72.9 Å². The number of carbonyl (C=O) groups excluding carboxylic acids is 2. The molecule has 16 heteroatoms. The van der Waals surface area contributed by atoms with Gasteiger partial charge in [-0.25, -0.2) is 37.7 Å². The molecule has 0 saturated carbocycles. The van der Waals surface area contributed by atoms with Crippen molar-refractivity contribution in [2.45, 2.75) is 73.1 Å². The molecule has 2 aromatic heterocycles. The van der Waals surface area contributed by atoms with Gasteiger partial charge in [-0.3, -0.25) is 5.32 Å². The average molecular weight is 690 g/mol. The fourth-order valence-electron chi connectivity index (χ4n) is 5.47. The van der Waals surface area contributed by atoms with Crippen LogP contribution in [0, 0.1) is 5.41 Å². The van der Waals surface area contributed by atoms with E-state index in [1.54, 1.807) is 36.7 Å². The lowest BCUT2D eigenvalue weighted by molar-refractivity contribution is 0.0434. The van der Waals surface area contributed by atoms with Gasteiger partial charge in [-0.05, 0) is 58.7 Å². The van der Waals surface area contributed by atoms with Crippen molar-refractivity contribution in [3.05, 3.63) is 60.0 Å². The molecule has 0 unspecified atom stereocenters. The zero-order valence-electron chi connectivity index (χ0n) is 25.8. The number of halogens is 1. The molecule has 2 aliphatic heterocycles. The SMILES string of the molecule is C[C@@H]1OCC2(CCN(c3cnc(Sc4ccnc(NC(=O)NS(=O)(=O)c5ccccc5)c4Cl)cn3)CC2)[C@@H]1NC(=O)OC(C)(C)C. The van der Waals surface area contributed by atoms with Crippen molar-refractivity contribution in [2.24, 2.45) is 5.41 Å². The number of alkyl carbamates (subject to hydrolysis) is 1. The van der Waals surface area contributed by atoms with Crippen LogP contribution in [0.5, 0.6) is 0 Å². The van der Waals surface area contributed by atoms with Gasteiger partial charge in [0.2, 0.25) is 0 Å². The Morgan fingerprint density at radius 2 is 1.80 bits per heavy atom. The van der Waals surface area contributed by atoms with Gasteiger partial charge in [0.15, 0.2) is 5.82 Å². The number of rotatable bonds is 7. The van der Waals surface area contributed by atoms with Crippen molar-refractivity contribution in [2.75, 3.05) is 29.9 Å². The monoisotopic (exact) mass is 689 g/mol. The van der Waals surface area contributed by atoms with Gasteiger partial charge in [-0.15, -0.1) is 0 Å². The Hall–Kier alpha value is -3.66. The molecule has 2 aliphatic rings. The Kier molecular flexibility index (Phi) is 9.96. The second-order valence-electron chi connectivity index (χ2n) is 12.1. The van der Waals surface area contributed by atoms with E-state index in [0.717, 1.165) is 31.7 Å². The first kappa shape index (κ1) is 33.7. The normalized spacial score (nSPS) is 19.5. The largest absolute Gasteiger partial charge is 0.444 e. The van der Waals surface area contributed by atoms with Crippen LogP contribution in [0.3, 0.4) is 0 Å². The van der Waals surface area contributed by atoms with Crippen molar-refractivity contribution < 1.29 is 27.5 Å². The van der Waals surface area contributed by atoms with E-state index in [0.29, 0.717) is 16.5 Å². The van der Waals surface area contributed by atoms with Gasteiger partial charge < -0.3 is 19.7 Å². The Balaban J connectivity index is 1.18. The number of urea groups is 1. The number of hydrogen-bond donors (Lipinski definition) is 3. The molecule has 5 rings (SSSR count). The maximum absolute atomic E-state index is 12.5. The fourth-order valence-corrected chi connectivity index (χ4v) is 7.42. The molecule has 2 saturated heterocycles. The number of piperidine rings is 1. The van der Waals surface area contributed by atoms with Crippen molar-refractivity contribution in [3.8, 4) is 0 Å². The molecule has 1 aromatic carbocycles. The number of pyridine rings is 1. The number of ether oxygens (including phenoxy) is 2. The zero-order valence-corrected chi connectivity index (χ0v) is 28.2. The number of carbonyl (C=O) groups is 2. The highest BCUT2D eigenvalue weighted by Crippen LogP contribution is 2.43. The first-order valence-electron chi connectivity index (χ1n) is 14.6. The van der Waals surface area contributed by atoms with E-state index in [1.165, 1.54) is 30.1 Å². The lowest BCUT2D eigenvalue weighted by Gasteiger charge is -2.42. The summed E-state index contributed by atoms with van der Waals surface area (Å²) < 4.78 is 38.4. The maximum Gasteiger partial charge on any atom is 0.407 e. The molecule has 2 fully saturated rings. The Bertz CT molecular complexity index is 1670. The summed E-state index contributed by atoms with van der Waals surface area (Å²) in [6, 6.07) is 8.02. The molecule has 3 amide bonds. The number of nitrogens with one attached hydrogen (secondary N) is 3. The average Bonchev–Trinajstić information content (AvgIpc) is 3.29. The summed E-state index contributed by atoms with van der Waals surface area (Å²) in [7, 11) is -4.08. The third kappa shape index (κ3) is 8.00. The Morgan fingerprint density at radius 1 is 1.09 bits per heavy atom. The van der Waals surface area contributed by atoms with E-state index in [9.17, 15) is 18.0 Å². The summed E-state index contributed by atoms with van der Waals surface area (Å²) >= 11 is 7.74. The quantitative estimate of drug-likeness (QED) is 0.303. The highest BCUT2D eigenvalue weighted by atomic mass is 35.5. The first-order chi connectivity index (χ1) is 21.7. The Labute approximate surface area is 277 Å². The standard InChI is InChI=1S/C30H36ClN7O6S2/c1-19-25(35-28(40)44-29(2,3)4)30(18-43-19)11-14-38(15-12-30)22-16-34-23(17-33-22)45-21-10-13-32-26(24(21)31)36-27(39)37-46(41,42)20-8-6-5-7-9-20/h5-10,13,16-17,19,25H,11-12,14-15,18H2,1-4H3,(H,35,40)(H2,32,36,37,39)/t19-,25+/m0/s1. The molecule has 246 valence electrons. The Morgan fingerprint density at radius 3 is 2.46 bits per heavy atom. The van der Waals surface area contributed by atoms with E-state index in [-0.39, 0.29) is 33.3 Å². The molecule has 3 N–H and O–H groups in total. The molecular formula is C30H36ClN7O6S2. The van der Waals surface area contributed by atoms with Crippen molar-refractivity contribution in [3.63, 3.8) is 0 Å². The molecule has 46 heavy (non-hydrogen) atoms. The lowest BCUT2D eigenvalue weighted by Crippen LogP contribution is -2.55. The van der Waals surface area contributed by atoms with Crippen LogP contribution in [-0.2, 0) is 19.5 Å². The number of anilines is 2. The minimum atomic E-state index is -4.08. The number of hydrogen-bond acceptors (Lipinski definition) is 11. The predicted molar refractivity (Wildman–Crippen MR) is 174 cm³/mol. The van der Waals surface area contributed by atoms with Gasteiger partial charge in [0.05, 0.1) is 41.1 Å². The van der Waals surface area contributed by atoms with E-state index in [2.05, 4.69) is 30.5 Å². The van der Waals surface area contributed by atoms with Crippen molar-refractivity contribution in [1.82, 2.24) is 25.0 Å². The smallest absolute Gasteiger partial charge is 0.407 e. The first-order valence-corrected chi connectivity index (χ1v) is 17.3.